The number of hydrogen-bond donors (Lipinski definition) is 0. The third kappa shape index (κ3) is 56.7. The first-order valence-electron chi connectivity index (χ1n) is 29.6. The Morgan fingerprint density at radius 2 is 0.583 bits per heavy atom. The minimum absolute atomic E-state index is 0.103. The Bertz CT molecular complexity index is 1520. The van der Waals surface area contributed by atoms with Crippen molar-refractivity contribution in [1.29, 1.82) is 0 Å². The highest BCUT2D eigenvalue weighted by Crippen LogP contribution is 2.14. The number of hydrogen-bond acceptors (Lipinski definition) is 6. The molecule has 0 spiro atoms. The Hall–Kier alpha value is -4.19. The van der Waals surface area contributed by atoms with E-state index < -0.39 is 6.10 Å². The molecule has 0 saturated carbocycles. The van der Waals surface area contributed by atoms with E-state index in [0.717, 1.165) is 148 Å². The van der Waals surface area contributed by atoms with Crippen LogP contribution in [0.4, 0.5) is 0 Å². The van der Waals surface area contributed by atoms with Crippen LogP contribution in [-0.2, 0) is 28.6 Å². The zero-order valence-electron chi connectivity index (χ0n) is 46.7. The van der Waals surface area contributed by atoms with E-state index in [1.54, 1.807) is 0 Å². The van der Waals surface area contributed by atoms with Gasteiger partial charge in [0, 0.05) is 19.3 Å². The van der Waals surface area contributed by atoms with Crippen molar-refractivity contribution >= 4 is 17.9 Å². The Kier molecular flexibility index (Phi) is 55.9. The van der Waals surface area contributed by atoms with Crippen LogP contribution in [0.15, 0.2) is 122 Å². The number of rotatable bonds is 52. The quantitative estimate of drug-likeness (QED) is 0.0199. The fourth-order valence-electron chi connectivity index (χ4n) is 7.83. The van der Waals surface area contributed by atoms with Gasteiger partial charge in [0.2, 0.25) is 0 Å². The van der Waals surface area contributed by atoms with Crippen molar-refractivity contribution in [3.05, 3.63) is 122 Å². The SMILES string of the molecule is CC/C=C\C/C=C\C/C=C\C/C=C\CCCCCCCCC(=O)OCC(COC(=O)CCCCC/C=C\C=C/CCCCCCCCC)OC(=O)CCCCCCCC/C=C\C/C=C\C/C=C\C/C=C\CC. The second-order valence-corrected chi connectivity index (χ2v) is 19.2. The van der Waals surface area contributed by atoms with Crippen LogP contribution in [-0.4, -0.2) is 37.2 Å². The maximum absolute atomic E-state index is 12.9. The van der Waals surface area contributed by atoms with Crippen LogP contribution in [0.3, 0.4) is 0 Å². The minimum atomic E-state index is -0.807. The molecule has 0 amide bonds. The Labute approximate surface area is 443 Å². The Morgan fingerprint density at radius 1 is 0.306 bits per heavy atom. The highest BCUT2D eigenvalue weighted by molar-refractivity contribution is 5.71. The fraction of sp³-hybridized carbons (Fsp3) is 0.652. The van der Waals surface area contributed by atoms with E-state index in [0.29, 0.717) is 19.3 Å². The predicted octanol–water partition coefficient (Wildman–Crippen LogP) is 20.0. The van der Waals surface area contributed by atoms with E-state index in [1.807, 2.05) is 0 Å². The third-order valence-electron chi connectivity index (χ3n) is 12.2. The summed E-state index contributed by atoms with van der Waals surface area (Å²) in [6, 6.07) is 0. The van der Waals surface area contributed by atoms with E-state index in [9.17, 15) is 14.4 Å². The Balaban J connectivity index is 4.50. The highest BCUT2D eigenvalue weighted by Gasteiger charge is 2.19. The van der Waals surface area contributed by atoms with Gasteiger partial charge < -0.3 is 14.2 Å². The first-order valence-corrected chi connectivity index (χ1v) is 29.6. The van der Waals surface area contributed by atoms with Crippen molar-refractivity contribution in [2.24, 2.45) is 0 Å². The van der Waals surface area contributed by atoms with E-state index in [4.69, 9.17) is 14.2 Å². The summed E-state index contributed by atoms with van der Waals surface area (Å²) in [6.45, 7) is 6.36. The monoisotopic (exact) mass is 997 g/mol. The molecule has 408 valence electrons. The summed E-state index contributed by atoms with van der Waals surface area (Å²) in [5.41, 5.74) is 0. The third-order valence-corrected chi connectivity index (χ3v) is 12.2. The molecule has 0 aromatic heterocycles. The molecular formula is C66H108O6. The molecule has 0 aromatic rings. The van der Waals surface area contributed by atoms with Gasteiger partial charge in [-0.25, -0.2) is 0 Å². The van der Waals surface area contributed by atoms with Crippen molar-refractivity contribution in [1.82, 2.24) is 0 Å². The van der Waals surface area contributed by atoms with E-state index in [2.05, 4.69) is 142 Å². The average Bonchev–Trinajstić information content (AvgIpc) is 3.38. The van der Waals surface area contributed by atoms with Crippen molar-refractivity contribution in [3.8, 4) is 0 Å². The summed E-state index contributed by atoms with van der Waals surface area (Å²) >= 11 is 0. The number of carbonyl (C=O) groups excluding carboxylic acids is 3. The number of allylic oxidation sites excluding steroid dienone is 20. The zero-order valence-corrected chi connectivity index (χ0v) is 46.7. The molecule has 0 fully saturated rings. The predicted molar refractivity (Wildman–Crippen MR) is 311 cm³/mol. The molecule has 0 aromatic carbocycles. The molecule has 0 aliphatic carbocycles. The lowest BCUT2D eigenvalue weighted by atomic mass is 10.1. The van der Waals surface area contributed by atoms with Crippen LogP contribution in [0.2, 0.25) is 0 Å². The lowest BCUT2D eigenvalue weighted by Gasteiger charge is -2.18. The fourth-order valence-corrected chi connectivity index (χ4v) is 7.83. The van der Waals surface area contributed by atoms with Crippen molar-refractivity contribution in [2.75, 3.05) is 13.2 Å². The lowest BCUT2D eigenvalue weighted by molar-refractivity contribution is -0.167. The van der Waals surface area contributed by atoms with Gasteiger partial charge in [-0.2, -0.15) is 0 Å². The maximum atomic E-state index is 12.9. The molecule has 0 aliphatic heterocycles. The van der Waals surface area contributed by atoms with Crippen LogP contribution in [0.1, 0.15) is 258 Å². The van der Waals surface area contributed by atoms with Gasteiger partial charge in [0.05, 0.1) is 0 Å². The van der Waals surface area contributed by atoms with Crippen molar-refractivity contribution < 1.29 is 28.6 Å². The molecule has 6 nitrogen and oxygen atoms in total. The van der Waals surface area contributed by atoms with Gasteiger partial charge in [-0.1, -0.05) is 239 Å². The Morgan fingerprint density at radius 3 is 0.944 bits per heavy atom. The molecule has 72 heavy (non-hydrogen) atoms. The van der Waals surface area contributed by atoms with Crippen molar-refractivity contribution in [2.45, 2.75) is 264 Å². The molecule has 0 rings (SSSR count). The largest absolute Gasteiger partial charge is 0.462 e. The molecule has 0 bridgehead atoms. The topological polar surface area (TPSA) is 78.9 Å². The lowest BCUT2D eigenvalue weighted by Crippen LogP contribution is -2.30. The number of ether oxygens (including phenoxy) is 3. The second kappa shape index (κ2) is 59.4. The standard InChI is InChI=1S/C66H108O6/c1-4-7-10-13-16-19-22-25-28-31-33-35-38-41-44-47-50-53-56-59-65(68)71-62-63(61-70-64(67)58-55-52-49-46-43-40-37-30-27-24-21-18-15-12-9-6-3)72-66(69)60-57-54-51-48-45-42-39-36-34-32-29-26-23-20-17-14-11-8-5-2/h7-8,10-11,16-17,19-20,25-26,28-30,33-37,40,43,63H,4-6,9,12-15,18,21-24,27,31-32,38-39,41-42,44-62H2,1-3H3/b10-7-,11-8-,19-16-,20-17-,28-25-,29-26-,35-33-,36-34-,37-30-,43-40-. The van der Waals surface area contributed by atoms with Crippen LogP contribution >= 0.6 is 0 Å². The summed E-state index contributed by atoms with van der Waals surface area (Å²) in [5, 5.41) is 0. The molecule has 0 heterocycles. The smallest absolute Gasteiger partial charge is 0.306 e. The molecule has 1 unspecified atom stereocenters. The first kappa shape index (κ1) is 67.8. The van der Waals surface area contributed by atoms with Crippen molar-refractivity contribution in [3.63, 3.8) is 0 Å². The van der Waals surface area contributed by atoms with Crippen LogP contribution in [0, 0.1) is 0 Å². The van der Waals surface area contributed by atoms with Gasteiger partial charge >= 0.3 is 17.9 Å². The molecule has 1 atom stereocenters. The second-order valence-electron chi connectivity index (χ2n) is 19.2. The van der Waals surface area contributed by atoms with Gasteiger partial charge in [0.15, 0.2) is 6.10 Å². The van der Waals surface area contributed by atoms with Crippen LogP contribution in [0.25, 0.3) is 0 Å². The summed E-state index contributed by atoms with van der Waals surface area (Å²) in [4.78, 5) is 38.2. The molecule has 0 N–H and O–H groups in total. The molecule has 6 heteroatoms. The van der Waals surface area contributed by atoms with E-state index in [1.165, 1.54) is 70.6 Å². The number of carbonyl (C=O) groups is 3. The van der Waals surface area contributed by atoms with E-state index >= 15 is 0 Å². The average molecular weight is 998 g/mol. The summed E-state index contributed by atoms with van der Waals surface area (Å²) in [6.07, 6.45) is 81.8. The maximum Gasteiger partial charge on any atom is 0.306 e. The molecule has 0 radical (unpaired) electrons. The van der Waals surface area contributed by atoms with Gasteiger partial charge in [0.25, 0.3) is 0 Å². The molecular weight excluding hydrogens is 889 g/mol. The molecule has 0 aliphatic rings. The van der Waals surface area contributed by atoms with Crippen LogP contribution < -0.4 is 0 Å². The zero-order chi connectivity index (χ0) is 52.2. The normalized spacial score (nSPS) is 13.0. The van der Waals surface area contributed by atoms with Gasteiger partial charge in [-0.3, -0.25) is 14.4 Å². The van der Waals surface area contributed by atoms with Gasteiger partial charge in [-0.15, -0.1) is 0 Å². The van der Waals surface area contributed by atoms with E-state index in [-0.39, 0.29) is 31.1 Å². The first-order chi connectivity index (χ1) is 35.5. The summed E-state index contributed by atoms with van der Waals surface area (Å²) in [7, 11) is 0. The summed E-state index contributed by atoms with van der Waals surface area (Å²) in [5.74, 6) is -0.956. The van der Waals surface area contributed by atoms with Gasteiger partial charge in [-0.05, 0) is 122 Å². The van der Waals surface area contributed by atoms with Crippen LogP contribution in [0.5, 0.6) is 0 Å². The molecule has 0 saturated heterocycles. The number of unbranched alkanes of at least 4 members (excludes halogenated alkanes) is 22. The number of esters is 3. The van der Waals surface area contributed by atoms with Gasteiger partial charge in [0.1, 0.15) is 13.2 Å². The highest BCUT2D eigenvalue weighted by atomic mass is 16.6. The summed E-state index contributed by atoms with van der Waals surface area (Å²) < 4.78 is 16.9. The minimum Gasteiger partial charge on any atom is -0.462 e.